The molecule has 0 aliphatic heterocycles. The maximum Gasteiger partial charge on any atom is 0.178 e. The van der Waals surface area contributed by atoms with Crippen molar-refractivity contribution < 1.29 is 4.74 Å². The molecule has 3 nitrogen and oxygen atoms in total. The molecule has 0 aliphatic carbocycles. The Kier molecular flexibility index (Phi) is 12.4. The van der Waals surface area contributed by atoms with E-state index in [4.69, 9.17) is 4.74 Å². The quantitative estimate of drug-likeness (QED) is 0.341. The largest absolute Gasteiger partial charge is 0.347 e. The van der Waals surface area contributed by atoms with E-state index in [1.807, 2.05) is 0 Å². The molecule has 0 rings (SSSR count). The van der Waals surface area contributed by atoms with E-state index in [1.165, 1.54) is 51.4 Å². The van der Waals surface area contributed by atoms with Crippen LogP contribution in [0.3, 0.4) is 0 Å². The van der Waals surface area contributed by atoms with E-state index in [9.17, 15) is 0 Å². The van der Waals surface area contributed by atoms with Gasteiger partial charge >= 0.3 is 0 Å². The van der Waals surface area contributed by atoms with Crippen molar-refractivity contribution in [3.63, 3.8) is 0 Å². The van der Waals surface area contributed by atoms with E-state index in [0.29, 0.717) is 0 Å². The van der Waals surface area contributed by atoms with Gasteiger partial charge in [-0.25, -0.2) is 0 Å². The average molecular weight is 301 g/mol. The summed E-state index contributed by atoms with van der Waals surface area (Å²) in [5, 5.41) is 0. The second-order valence-corrected chi connectivity index (χ2v) is 6.61. The minimum Gasteiger partial charge on any atom is -0.347 e. The summed E-state index contributed by atoms with van der Waals surface area (Å²) in [5.74, 6) is -0.238. The van der Waals surface area contributed by atoms with Crippen molar-refractivity contribution in [1.82, 2.24) is 9.80 Å². The minimum atomic E-state index is -0.238. The van der Waals surface area contributed by atoms with Crippen LogP contribution in [-0.4, -0.2) is 50.4 Å². The molecule has 0 aromatic heterocycles. The van der Waals surface area contributed by atoms with E-state index >= 15 is 0 Å². The van der Waals surface area contributed by atoms with Crippen molar-refractivity contribution in [3.05, 3.63) is 0 Å². The zero-order valence-electron chi connectivity index (χ0n) is 15.6. The van der Waals surface area contributed by atoms with Gasteiger partial charge in [0.05, 0.1) is 6.61 Å². The van der Waals surface area contributed by atoms with Crippen LogP contribution < -0.4 is 0 Å². The molecule has 0 N–H and O–H groups in total. The molecule has 21 heavy (non-hydrogen) atoms. The summed E-state index contributed by atoms with van der Waals surface area (Å²) in [7, 11) is 8.53. The van der Waals surface area contributed by atoms with Crippen LogP contribution in [0.1, 0.15) is 78.1 Å². The van der Waals surface area contributed by atoms with Crippen molar-refractivity contribution in [1.29, 1.82) is 0 Å². The molecule has 0 fully saturated rings. The lowest BCUT2D eigenvalue weighted by Crippen LogP contribution is -2.57. The predicted octanol–water partition coefficient (Wildman–Crippen LogP) is 4.72. The second kappa shape index (κ2) is 12.4. The Morgan fingerprint density at radius 1 is 0.667 bits per heavy atom. The number of ether oxygens (including phenoxy) is 1. The highest BCUT2D eigenvalue weighted by Crippen LogP contribution is 2.25. The van der Waals surface area contributed by atoms with Gasteiger partial charge in [-0.05, 0) is 41.0 Å². The van der Waals surface area contributed by atoms with Crippen molar-refractivity contribution in [3.8, 4) is 0 Å². The Labute approximate surface area is 134 Å². The van der Waals surface area contributed by atoms with Crippen LogP contribution in [0.15, 0.2) is 0 Å². The lowest BCUT2D eigenvalue weighted by molar-refractivity contribution is -0.226. The van der Waals surface area contributed by atoms with E-state index < -0.39 is 0 Å². The first-order chi connectivity index (χ1) is 10.0. The molecular formula is C18H40N2O. The zero-order valence-corrected chi connectivity index (χ0v) is 15.6. The Balaban J connectivity index is 4.20. The number of rotatable bonds is 14. The lowest BCUT2D eigenvalue weighted by atomic mass is 10.1. The van der Waals surface area contributed by atoms with Gasteiger partial charge in [-0.1, -0.05) is 58.8 Å². The van der Waals surface area contributed by atoms with Gasteiger partial charge < -0.3 is 4.74 Å². The van der Waals surface area contributed by atoms with E-state index in [-0.39, 0.29) is 5.85 Å². The van der Waals surface area contributed by atoms with Gasteiger partial charge in [0.1, 0.15) is 0 Å². The first kappa shape index (κ1) is 20.9. The third-order valence-corrected chi connectivity index (χ3v) is 4.33. The standard InChI is InChI=1S/C18H40N2O/c1-7-9-11-12-13-14-15-16-18(19(3)4,20(5)6)21-17-10-8-2/h7-17H2,1-6H3. The van der Waals surface area contributed by atoms with Gasteiger partial charge in [0.2, 0.25) is 0 Å². The maximum absolute atomic E-state index is 6.29. The van der Waals surface area contributed by atoms with Crippen LogP contribution in [0.25, 0.3) is 0 Å². The van der Waals surface area contributed by atoms with E-state index in [0.717, 1.165) is 19.4 Å². The second-order valence-electron chi connectivity index (χ2n) is 6.61. The first-order valence-electron chi connectivity index (χ1n) is 9.00. The SMILES string of the molecule is CCCCCCCCCC(OCCCC)(N(C)C)N(C)C. The number of hydrogen-bond acceptors (Lipinski definition) is 3. The van der Waals surface area contributed by atoms with Gasteiger partial charge in [-0.2, -0.15) is 0 Å². The molecule has 0 amide bonds. The summed E-state index contributed by atoms with van der Waals surface area (Å²) in [6.45, 7) is 5.34. The molecule has 3 heteroatoms. The fraction of sp³-hybridized carbons (Fsp3) is 1.00. The molecule has 0 bridgehead atoms. The molecule has 128 valence electrons. The molecule has 0 aromatic carbocycles. The molecular weight excluding hydrogens is 260 g/mol. The van der Waals surface area contributed by atoms with Crippen LogP contribution in [0, 0.1) is 0 Å². The van der Waals surface area contributed by atoms with Crippen LogP contribution >= 0.6 is 0 Å². The topological polar surface area (TPSA) is 15.7 Å². The molecule has 0 unspecified atom stereocenters. The van der Waals surface area contributed by atoms with Crippen LogP contribution in [0.4, 0.5) is 0 Å². The van der Waals surface area contributed by atoms with Crippen molar-refractivity contribution in [2.45, 2.75) is 83.9 Å². The van der Waals surface area contributed by atoms with Crippen molar-refractivity contribution >= 4 is 0 Å². The van der Waals surface area contributed by atoms with Gasteiger partial charge in [-0.15, -0.1) is 0 Å². The summed E-state index contributed by atoms with van der Waals surface area (Å²) >= 11 is 0. The van der Waals surface area contributed by atoms with E-state index in [1.54, 1.807) is 0 Å². The first-order valence-corrected chi connectivity index (χ1v) is 9.00. The smallest absolute Gasteiger partial charge is 0.178 e. The summed E-state index contributed by atoms with van der Waals surface area (Å²) < 4.78 is 6.29. The molecule has 0 radical (unpaired) electrons. The van der Waals surface area contributed by atoms with Gasteiger partial charge in [0.15, 0.2) is 5.85 Å². The molecule has 0 aromatic rings. The third-order valence-electron chi connectivity index (χ3n) is 4.33. The van der Waals surface area contributed by atoms with Gasteiger partial charge in [-0.3, -0.25) is 9.80 Å². The molecule has 0 saturated heterocycles. The number of nitrogens with zero attached hydrogens (tertiary/aromatic N) is 2. The normalized spacial score (nSPS) is 12.6. The van der Waals surface area contributed by atoms with Crippen LogP contribution in [-0.2, 0) is 4.74 Å². The highest BCUT2D eigenvalue weighted by atomic mass is 16.5. The van der Waals surface area contributed by atoms with Crippen LogP contribution in [0.2, 0.25) is 0 Å². The van der Waals surface area contributed by atoms with Crippen LogP contribution in [0.5, 0.6) is 0 Å². The average Bonchev–Trinajstić information content (AvgIpc) is 2.43. The molecule has 0 atom stereocenters. The van der Waals surface area contributed by atoms with Gasteiger partial charge in [0.25, 0.3) is 0 Å². The minimum absolute atomic E-state index is 0.238. The number of unbranched alkanes of at least 4 members (excludes halogenated alkanes) is 7. The summed E-state index contributed by atoms with van der Waals surface area (Å²) in [4.78, 5) is 4.47. The highest BCUT2D eigenvalue weighted by Gasteiger charge is 2.35. The Morgan fingerprint density at radius 3 is 1.62 bits per heavy atom. The van der Waals surface area contributed by atoms with Crippen molar-refractivity contribution in [2.24, 2.45) is 0 Å². The summed E-state index contributed by atoms with van der Waals surface area (Å²) in [5.41, 5.74) is 0. The third kappa shape index (κ3) is 8.18. The molecule has 0 heterocycles. The number of hydrogen-bond donors (Lipinski definition) is 0. The summed E-state index contributed by atoms with van der Waals surface area (Å²) in [6, 6.07) is 0. The lowest BCUT2D eigenvalue weighted by Gasteiger charge is -2.45. The highest BCUT2D eigenvalue weighted by molar-refractivity contribution is 4.75. The summed E-state index contributed by atoms with van der Waals surface area (Å²) in [6.07, 6.45) is 12.9. The Bertz CT molecular complexity index is 221. The molecule has 0 saturated carbocycles. The molecule has 0 spiro atoms. The predicted molar refractivity (Wildman–Crippen MR) is 93.6 cm³/mol. The fourth-order valence-electron chi connectivity index (χ4n) is 2.87. The van der Waals surface area contributed by atoms with E-state index in [2.05, 4.69) is 51.8 Å². The monoisotopic (exact) mass is 300 g/mol. The van der Waals surface area contributed by atoms with Crippen molar-refractivity contribution in [2.75, 3.05) is 34.8 Å². The Morgan fingerprint density at radius 2 is 1.14 bits per heavy atom. The Hall–Kier alpha value is -0.120. The zero-order chi connectivity index (χ0) is 16.1. The van der Waals surface area contributed by atoms with Gasteiger partial charge in [0, 0.05) is 6.42 Å². The molecule has 0 aliphatic rings. The maximum atomic E-state index is 6.29. The fourth-order valence-corrected chi connectivity index (χ4v) is 2.87.